The van der Waals surface area contributed by atoms with Gasteiger partial charge in [0.25, 0.3) is 0 Å². The number of hydrogen-bond donors (Lipinski definition) is 1. The maximum atomic E-state index is 10.4. The molecule has 0 radical (unpaired) electrons. The molecular weight excluding hydrogens is 290 g/mol. The van der Waals surface area contributed by atoms with Crippen molar-refractivity contribution in [3.63, 3.8) is 0 Å². The molecule has 5 nitrogen and oxygen atoms in total. The highest BCUT2D eigenvalue weighted by Gasteiger charge is 2.25. The molecule has 2 saturated heterocycles. The lowest BCUT2D eigenvalue weighted by molar-refractivity contribution is 0.0164. The SMILES string of the molecule is CCOCCN1CCN(C[C@@H](O)CN2CCC(C)CC2)C[C@@H]1C. The number of ether oxygens (including phenoxy) is 1. The highest BCUT2D eigenvalue weighted by molar-refractivity contribution is 4.81. The van der Waals surface area contributed by atoms with E-state index < -0.39 is 0 Å². The van der Waals surface area contributed by atoms with E-state index in [9.17, 15) is 5.11 Å². The molecule has 5 heteroatoms. The summed E-state index contributed by atoms with van der Waals surface area (Å²) in [4.78, 5) is 7.37. The molecule has 136 valence electrons. The average Bonchev–Trinajstić information content (AvgIpc) is 2.52. The van der Waals surface area contributed by atoms with Crippen molar-refractivity contribution >= 4 is 0 Å². The summed E-state index contributed by atoms with van der Waals surface area (Å²) < 4.78 is 5.47. The first-order valence-corrected chi connectivity index (χ1v) is 9.53. The molecule has 1 N–H and O–H groups in total. The molecule has 0 amide bonds. The predicted octanol–water partition coefficient (Wildman–Crippen LogP) is 1.12. The molecule has 2 aliphatic heterocycles. The molecule has 0 aromatic carbocycles. The van der Waals surface area contributed by atoms with Crippen LogP contribution in [-0.2, 0) is 4.74 Å². The molecule has 2 heterocycles. The van der Waals surface area contributed by atoms with E-state index in [2.05, 4.69) is 28.5 Å². The van der Waals surface area contributed by atoms with E-state index in [1.54, 1.807) is 0 Å². The predicted molar refractivity (Wildman–Crippen MR) is 94.8 cm³/mol. The van der Waals surface area contributed by atoms with Gasteiger partial charge in [0.05, 0.1) is 12.7 Å². The topological polar surface area (TPSA) is 39.2 Å². The number of piperidine rings is 1. The summed E-state index contributed by atoms with van der Waals surface area (Å²) in [5.41, 5.74) is 0. The second kappa shape index (κ2) is 9.94. The summed E-state index contributed by atoms with van der Waals surface area (Å²) in [6.07, 6.45) is 2.34. The monoisotopic (exact) mass is 327 g/mol. The van der Waals surface area contributed by atoms with E-state index in [1.807, 2.05) is 6.92 Å². The van der Waals surface area contributed by atoms with Gasteiger partial charge in [-0.05, 0) is 45.7 Å². The van der Waals surface area contributed by atoms with Crippen molar-refractivity contribution in [2.75, 3.05) is 65.6 Å². The Labute approximate surface area is 142 Å². The smallest absolute Gasteiger partial charge is 0.0793 e. The van der Waals surface area contributed by atoms with Gasteiger partial charge in [-0.1, -0.05) is 6.92 Å². The van der Waals surface area contributed by atoms with Crippen molar-refractivity contribution in [2.24, 2.45) is 5.92 Å². The van der Waals surface area contributed by atoms with Crippen molar-refractivity contribution in [2.45, 2.75) is 45.8 Å². The van der Waals surface area contributed by atoms with E-state index in [0.717, 1.165) is 71.5 Å². The van der Waals surface area contributed by atoms with E-state index in [-0.39, 0.29) is 6.10 Å². The fourth-order valence-electron chi connectivity index (χ4n) is 3.79. The van der Waals surface area contributed by atoms with Crippen LogP contribution in [0.4, 0.5) is 0 Å². The minimum atomic E-state index is -0.217. The first-order valence-electron chi connectivity index (χ1n) is 9.53. The van der Waals surface area contributed by atoms with Gasteiger partial charge in [0.2, 0.25) is 0 Å². The third-order valence-electron chi connectivity index (χ3n) is 5.39. The minimum absolute atomic E-state index is 0.217. The Kier molecular flexibility index (Phi) is 8.27. The quantitative estimate of drug-likeness (QED) is 0.677. The van der Waals surface area contributed by atoms with Gasteiger partial charge in [-0.3, -0.25) is 9.80 Å². The first kappa shape index (κ1) is 19.1. The number of β-amino-alcohol motifs (C(OH)–C–C–N with tert-alkyl or cyclic N) is 1. The number of piperazine rings is 1. The Hall–Kier alpha value is -0.200. The van der Waals surface area contributed by atoms with Crippen LogP contribution < -0.4 is 0 Å². The van der Waals surface area contributed by atoms with Crippen LogP contribution in [0.1, 0.15) is 33.6 Å². The second-order valence-corrected chi connectivity index (χ2v) is 7.48. The number of rotatable bonds is 8. The number of aliphatic hydroxyl groups excluding tert-OH is 1. The normalized spacial score (nSPS) is 27.4. The summed E-state index contributed by atoms with van der Waals surface area (Å²) in [6.45, 7) is 16.5. The molecule has 0 aromatic rings. The van der Waals surface area contributed by atoms with Crippen LogP contribution in [0.15, 0.2) is 0 Å². The molecule has 2 rings (SSSR count). The van der Waals surface area contributed by atoms with Gasteiger partial charge < -0.3 is 14.7 Å². The molecule has 0 saturated carbocycles. The van der Waals surface area contributed by atoms with Gasteiger partial charge in [0, 0.05) is 51.9 Å². The first-order chi connectivity index (χ1) is 11.1. The lowest BCUT2D eigenvalue weighted by Gasteiger charge is -2.41. The molecule has 0 aromatic heterocycles. The lowest BCUT2D eigenvalue weighted by atomic mass is 9.99. The molecule has 2 aliphatic rings. The molecule has 0 spiro atoms. The van der Waals surface area contributed by atoms with Crippen molar-refractivity contribution in [3.05, 3.63) is 0 Å². The molecule has 2 atom stereocenters. The van der Waals surface area contributed by atoms with E-state index in [4.69, 9.17) is 4.74 Å². The van der Waals surface area contributed by atoms with Crippen LogP contribution >= 0.6 is 0 Å². The standard InChI is InChI=1S/C18H37N3O2/c1-4-23-12-11-21-10-9-20(13-17(21)3)15-18(22)14-19-7-5-16(2)6-8-19/h16-18,22H,4-15H2,1-3H3/t17-,18-/m0/s1. The largest absolute Gasteiger partial charge is 0.390 e. The third kappa shape index (κ3) is 6.67. The summed E-state index contributed by atoms with van der Waals surface area (Å²) in [7, 11) is 0. The van der Waals surface area contributed by atoms with Gasteiger partial charge in [-0.15, -0.1) is 0 Å². The van der Waals surface area contributed by atoms with Gasteiger partial charge in [0.1, 0.15) is 0 Å². The fourth-order valence-corrected chi connectivity index (χ4v) is 3.79. The van der Waals surface area contributed by atoms with Crippen LogP contribution in [0.2, 0.25) is 0 Å². The number of likely N-dealkylation sites (tertiary alicyclic amines) is 1. The molecule has 23 heavy (non-hydrogen) atoms. The summed E-state index contributed by atoms with van der Waals surface area (Å²) in [5.74, 6) is 0.856. The number of hydrogen-bond acceptors (Lipinski definition) is 5. The van der Waals surface area contributed by atoms with Crippen molar-refractivity contribution in [1.82, 2.24) is 14.7 Å². The molecular formula is C18H37N3O2. The van der Waals surface area contributed by atoms with Gasteiger partial charge in [-0.25, -0.2) is 0 Å². The van der Waals surface area contributed by atoms with Crippen LogP contribution in [0, 0.1) is 5.92 Å². The lowest BCUT2D eigenvalue weighted by Crippen LogP contribution is -2.54. The van der Waals surface area contributed by atoms with Crippen molar-refractivity contribution < 1.29 is 9.84 Å². The zero-order chi connectivity index (χ0) is 16.7. The van der Waals surface area contributed by atoms with Gasteiger partial charge in [-0.2, -0.15) is 0 Å². The third-order valence-corrected chi connectivity index (χ3v) is 5.39. The molecule has 2 fully saturated rings. The maximum absolute atomic E-state index is 10.4. The Morgan fingerprint density at radius 2 is 1.74 bits per heavy atom. The Balaban J connectivity index is 1.64. The van der Waals surface area contributed by atoms with E-state index >= 15 is 0 Å². The summed E-state index contributed by atoms with van der Waals surface area (Å²) in [5, 5.41) is 10.4. The van der Waals surface area contributed by atoms with Crippen molar-refractivity contribution in [3.8, 4) is 0 Å². The van der Waals surface area contributed by atoms with Crippen LogP contribution in [0.3, 0.4) is 0 Å². The number of aliphatic hydroxyl groups is 1. The molecule has 0 aliphatic carbocycles. The minimum Gasteiger partial charge on any atom is -0.390 e. The highest BCUT2D eigenvalue weighted by atomic mass is 16.5. The van der Waals surface area contributed by atoms with Gasteiger partial charge >= 0.3 is 0 Å². The van der Waals surface area contributed by atoms with E-state index in [1.165, 1.54) is 12.8 Å². The second-order valence-electron chi connectivity index (χ2n) is 7.48. The van der Waals surface area contributed by atoms with Crippen LogP contribution in [-0.4, -0.2) is 97.5 Å². The zero-order valence-electron chi connectivity index (χ0n) is 15.4. The average molecular weight is 328 g/mol. The Morgan fingerprint density at radius 3 is 2.39 bits per heavy atom. The van der Waals surface area contributed by atoms with Crippen LogP contribution in [0.25, 0.3) is 0 Å². The highest BCUT2D eigenvalue weighted by Crippen LogP contribution is 2.16. The van der Waals surface area contributed by atoms with Crippen molar-refractivity contribution in [1.29, 1.82) is 0 Å². The zero-order valence-corrected chi connectivity index (χ0v) is 15.4. The van der Waals surface area contributed by atoms with E-state index in [0.29, 0.717) is 6.04 Å². The maximum Gasteiger partial charge on any atom is 0.0793 e. The summed E-state index contributed by atoms with van der Waals surface area (Å²) in [6, 6.07) is 0.548. The summed E-state index contributed by atoms with van der Waals surface area (Å²) >= 11 is 0. The molecule has 0 unspecified atom stereocenters. The number of nitrogens with zero attached hydrogens (tertiary/aromatic N) is 3. The Morgan fingerprint density at radius 1 is 1.04 bits per heavy atom. The Bertz CT molecular complexity index is 321. The van der Waals surface area contributed by atoms with Gasteiger partial charge in [0.15, 0.2) is 0 Å². The fraction of sp³-hybridized carbons (Fsp3) is 1.00. The van der Waals surface area contributed by atoms with Crippen LogP contribution in [0.5, 0.6) is 0 Å². The molecule has 0 bridgehead atoms.